The predicted octanol–water partition coefficient (Wildman–Crippen LogP) is 5.11. The second kappa shape index (κ2) is 5.63. The van der Waals surface area contributed by atoms with Gasteiger partial charge in [-0.25, -0.2) is 0 Å². The quantitative estimate of drug-likeness (QED) is 0.755. The average Bonchev–Trinajstić information content (AvgIpc) is 2.36. The van der Waals surface area contributed by atoms with E-state index in [0.717, 1.165) is 11.1 Å². The third-order valence-corrected chi connectivity index (χ3v) is 3.65. The monoisotopic (exact) mass is 295 g/mol. The molecule has 0 aliphatic heterocycles. The first-order valence-electron chi connectivity index (χ1n) is 5.22. The Morgan fingerprint density at radius 1 is 0.889 bits per heavy atom. The molecule has 0 fully saturated rings. The van der Waals surface area contributed by atoms with Gasteiger partial charge in [-0.15, -0.1) is 0 Å². The van der Waals surface area contributed by atoms with Gasteiger partial charge in [0.05, 0.1) is 21.7 Å². The van der Waals surface area contributed by atoms with Crippen molar-refractivity contribution in [3.8, 4) is 6.07 Å². The van der Waals surface area contributed by atoms with Gasteiger partial charge in [0.1, 0.15) is 0 Å². The molecule has 0 aliphatic rings. The molecule has 2 rings (SSSR count). The van der Waals surface area contributed by atoms with Crippen LogP contribution in [-0.4, -0.2) is 0 Å². The Balaban J connectivity index is 2.29. The summed E-state index contributed by atoms with van der Waals surface area (Å²) >= 11 is 17.9. The molecule has 0 unspecified atom stereocenters. The second-order valence-corrected chi connectivity index (χ2v) is 5.06. The van der Waals surface area contributed by atoms with Crippen LogP contribution in [0.1, 0.15) is 16.7 Å². The van der Waals surface area contributed by atoms with Crippen molar-refractivity contribution in [3.05, 3.63) is 68.2 Å². The zero-order chi connectivity index (χ0) is 13.1. The summed E-state index contributed by atoms with van der Waals surface area (Å²) in [6.07, 6.45) is 0.654. The third kappa shape index (κ3) is 2.97. The first kappa shape index (κ1) is 13.2. The molecule has 2 aromatic rings. The Morgan fingerprint density at radius 3 is 2.28 bits per heavy atom. The molecule has 0 aliphatic carbocycles. The Hall–Kier alpha value is -1.20. The van der Waals surface area contributed by atoms with Crippen molar-refractivity contribution < 1.29 is 0 Å². The molecule has 0 aromatic heterocycles. The first-order valence-corrected chi connectivity index (χ1v) is 6.36. The zero-order valence-corrected chi connectivity index (χ0v) is 11.5. The van der Waals surface area contributed by atoms with Crippen LogP contribution in [0.15, 0.2) is 36.4 Å². The average molecular weight is 297 g/mol. The molecular formula is C14H8Cl3N. The van der Waals surface area contributed by atoms with E-state index in [2.05, 4.69) is 6.07 Å². The molecule has 1 nitrogen and oxygen atoms in total. The van der Waals surface area contributed by atoms with E-state index in [4.69, 9.17) is 40.1 Å². The van der Waals surface area contributed by atoms with Crippen LogP contribution in [0, 0.1) is 11.3 Å². The third-order valence-electron chi connectivity index (χ3n) is 2.56. The predicted molar refractivity (Wildman–Crippen MR) is 75.4 cm³/mol. The maximum absolute atomic E-state index is 8.77. The number of nitrogens with zero attached hydrogens (tertiary/aromatic N) is 1. The molecule has 0 N–H and O–H groups in total. The van der Waals surface area contributed by atoms with Crippen LogP contribution < -0.4 is 0 Å². The molecule has 2 aromatic carbocycles. The molecule has 0 bridgehead atoms. The van der Waals surface area contributed by atoms with Crippen LogP contribution in [0.5, 0.6) is 0 Å². The molecule has 4 heteroatoms. The lowest BCUT2D eigenvalue weighted by Crippen LogP contribution is -1.90. The van der Waals surface area contributed by atoms with Crippen molar-refractivity contribution in [1.82, 2.24) is 0 Å². The summed E-state index contributed by atoms with van der Waals surface area (Å²) in [6.45, 7) is 0. The first-order chi connectivity index (χ1) is 8.60. The topological polar surface area (TPSA) is 23.8 Å². The largest absolute Gasteiger partial charge is 0.192 e. The maximum atomic E-state index is 8.77. The van der Waals surface area contributed by atoms with Crippen LogP contribution >= 0.6 is 34.8 Å². The van der Waals surface area contributed by atoms with E-state index in [-0.39, 0.29) is 0 Å². The molecule has 0 amide bonds. The van der Waals surface area contributed by atoms with Gasteiger partial charge in [0.15, 0.2) is 0 Å². The number of halogens is 3. The summed E-state index contributed by atoms with van der Waals surface area (Å²) in [5, 5.41) is 10.4. The van der Waals surface area contributed by atoms with Gasteiger partial charge in [0.2, 0.25) is 0 Å². The fourth-order valence-corrected chi connectivity index (χ4v) is 2.20. The van der Waals surface area contributed by atoms with E-state index in [0.29, 0.717) is 27.1 Å². The van der Waals surface area contributed by atoms with Gasteiger partial charge < -0.3 is 0 Å². The van der Waals surface area contributed by atoms with Crippen LogP contribution in [0.3, 0.4) is 0 Å². The van der Waals surface area contributed by atoms with Crippen LogP contribution in [0.25, 0.3) is 0 Å². The highest BCUT2D eigenvalue weighted by molar-refractivity contribution is 6.42. The Bertz CT molecular complexity index is 629. The molecule has 0 spiro atoms. The van der Waals surface area contributed by atoms with Crippen molar-refractivity contribution in [3.63, 3.8) is 0 Å². The summed E-state index contributed by atoms with van der Waals surface area (Å²) in [7, 11) is 0. The minimum atomic E-state index is 0.527. The summed E-state index contributed by atoms with van der Waals surface area (Å²) in [6, 6.07) is 12.8. The maximum Gasteiger partial charge on any atom is 0.0992 e. The highest BCUT2D eigenvalue weighted by Crippen LogP contribution is 2.26. The molecule has 0 radical (unpaired) electrons. The molecule has 0 saturated carbocycles. The van der Waals surface area contributed by atoms with Gasteiger partial charge in [-0.3, -0.25) is 0 Å². The highest BCUT2D eigenvalue weighted by atomic mass is 35.5. The fraction of sp³-hybridized carbons (Fsp3) is 0.0714. The summed E-state index contributed by atoms with van der Waals surface area (Å²) in [5.41, 5.74) is 2.53. The van der Waals surface area contributed by atoms with Crippen LogP contribution in [-0.2, 0) is 6.42 Å². The molecular weight excluding hydrogens is 289 g/mol. The number of nitriles is 1. The minimum Gasteiger partial charge on any atom is -0.192 e. The summed E-state index contributed by atoms with van der Waals surface area (Å²) < 4.78 is 0. The van der Waals surface area contributed by atoms with E-state index in [1.54, 1.807) is 18.2 Å². The van der Waals surface area contributed by atoms with Crippen molar-refractivity contribution >= 4 is 34.8 Å². The number of hydrogen-bond donors (Lipinski definition) is 0. The Kier molecular flexibility index (Phi) is 4.14. The van der Waals surface area contributed by atoms with Crippen LogP contribution in [0.2, 0.25) is 15.1 Å². The van der Waals surface area contributed by atoms with Crippen molar-refractivity contribution in [2.45, 2.75) is 6.42 Å². The van der Waals surface area contributed by atoms with Crippen molar-refractivity contribution in [1.29, 1.82) is 5.26 Å². The normalized spacial score (nSPS) is 10.1. The molecule has 0 heterocycles. The summed E-state index contributed by atoms with van der Waals surface area (Å²) in [4.78, 5) is 0. The van der Waals surface area contributed by atoms with Gasteiger partial charge >= 0.3 is 0 Å². The smallest absolute Gasteiger partial charge is 0.0992 e. The number of benzene rings is 2. The lowest BCUT2D eigenvalue weighted by atomic mass is 10.0. The molecule has 0 atom stereocenters. The van der Waals surface area contributed by atoms with Gasteiger partial charge in [-0.05, 0) is 41.8 Å². The Labute approximate surface area is 121 Å². The highest BCUT2D eigenvalue weighted by Gasteiger charge is 2.05. The molecule has 0 saturated heterocycles. The number of rotatable bonds is 2. The number of hydrogen-bond acceptors (Lipinski definition) is 1. The van der Waals surface area contributed by atoms with Gasteiger partial charge in [0.25, 0.3) is 0 Å². The van der Waals surface area contributed by atoms with E-state index < -0.39 is 0 Å². The SMILES string of the molecule is N#Cc1ccc(Cc2ccc(Cl)c(Cl)c2)c(Cl)c1. The minimum absolute atomic E-state index is 0.527. The fourth-order valence-electron chi connectivity index (χ4n) is 1.63. The van der Waals surface area contributed by atoms with Gasteiger partial charge in [-0.2, -0.15) is 5.26 Å². The summed E-state index contributed by atoms with van der Waals surface area (Å²) in [5.74, 6) is 0. The lowest BCUT2D eigenvalue weighted by molar-refractivity contribution is 1.19. The van der Waals surface area contributed by atoms with E-state index in [1.165, 1.54) is 0 Å². The van der Waals surface area contributed by atoms with E-state index >= 15 is 0 Å². The zero-order valence-electron chi connectivity index (χ0n) is 9.25. The van der Waals surface area contributed by atoms with Gasteiger partial charge in [-0.1, -0.05) is 46.9 Å². The van der Waals surface area contributed by atoms with E-state index in [1.807, 2.05) is 18.2 Å². The lowest BCUT2D eigenvalue weighted by Gasteiger charge is -2.06. The van der Waals surface area contributed by atoms with E-state index in [9.17, 15) is 0 Å². The molecule has 18 heavy (non-hydrogen) atoms. The second-order valence-electron chi connectivity index (χ2n) is 3.84. The molecule has 90 valence electrons. The van der Waals surface area contributed by atoms with Crippen molar-refractivity contribution in [2.75, 3.05) is 0 Å². The van der Waals surface area contributed by atoms with Crippen LogP contribution in [0.4, 0.5) is 0 Å². The van der Waals surface area contributed by atoms with Crippen molar-refractivity contribution in [2.24, 2.45) is 0 Å². The Morgan fingerprint density at radius 2 is 1.67 bits per heavy atom. The van der Waals surface area contributed by atoms with Gasteiger partial charge in [0, 0.05) is 5.02 Å². The standard InChI is InChI=1S/C14H8Cl3N/c15-12-4-2-9(6-14(12)17)5-11-3-1-10(8-18)7-13(11)16/h1-4,6-7H,5H2.